The summed E-state index contributed by atoms with van der Waals surface area (Å²) in [5.74, 6) is -1.87. The first-order chi connectivity index (χ1) is 16.1. The van der Waals surface area contributed by atoms with Crippen LogP contribution in [-0.2, 0) is 11.2 Å². The van der Waals surface area contributed by atoms with Crippen LogP contribution in [0, 0.1) is 5.92 Å². The summed E-state index contributed by atoms with van der Waals surface area (Å²) >= 11 is 0. The van der Waals surface area contributed by atoms with Gasteiger partial charge in [-0.2, -0.15) is 0 Å². The lowest BCUT2D eigenvalue weighted by atomic mass is 9.69. The Kier molecular flexibility index (Phi) is 4.41. The first kappa shape index (κ1) is 20.1. The van der Waals surface area contributed by atoms with Gasteiger partial charge in [0.25, 0.3) is 0 Å². The molecule has 2 N–H and O–H groups in total. The number of fused-ring (bicyclic) bond motifs is 3. The van der Waals surface area contributed by atoms with Crippen molar-refractivity contribution < 1.29 is 15.0 Å². The molecule has 1 saturated carbocycles. The summed E-state index contributed by atoms with van der Waals surface area (Å²) in [4.78, 5) is 13.9. The Morgan fingerprint density at radius 3 is 1.70 bits per heavy atom. The minimum absolute atomic E-state index is 0.116. The summed E-state index contributed by atoms with van der Waals surface area (Å²) in [5, 5.41) is 25.4. The van der Waals surface area contributed by atoms with Crippen LogP contribution in [-0.4, -0.2) is 16.0 Å². The van der Waals surface area contributed by atoms with Gasteiger partial charge in [-0.1, -0.05) is 115 Å². The highest BCUT2D eigenvalue weighted by molar-refractivity contribution is 6.05. The SMILES string of the molecule is O=C1c2ccccc2[C@@]2(O)[C@H]1[C@H](c1ccccc1)[C@@H](c1ccccc1)[C@]2(O)c1ccccc1. The Labute approximate surface area is 193 Å². The molecule has 0 unspecified atom stereocenters. The molecule has 33 heavy (non-hydrogen) atoms. The number of carbonyl (C=O) groups excluding carboxylic acids is 1. The molecular formula is C30H24O3. The van der Waals surface area contributed by atoms with Crippen molar-refractivity contribution >= 4 is 5.78 Å². The molecule has 0 aliphatic heterocycles. The number of hydrogen-bond donors (Lipinski definition) is 2. The molecule has 0 bridgehead atoms. The average molecular weight is 433 g/mol. The lowest BCUT2D eigenvalue weighted by Gasteiger charge is -2.42. The minimum atomic E-state index is -1.77. The van der Waals surface area contributed by atoms with Gasteiger partial charge >= 0.3 is 0 Å². The molecule has 4 aromatic rings. The zero-order chi connectivity index (χ0) is 22.6. The van der Waals surface area contributed by atoms with E-state index in [1.807, 2.05) is 103 Å². The van der Waals surface area contributed by atoms with Crippen LogP contribution in [0.2, 0.25) is 0 Å². The van der Waals surface area contributed by atoms with Crippen molar-refractivity contribution in [1.82, 2.24) is 0 Å². The number of Topliss-reactive ketones (excluding diaryl/α,β-unsaturated/α-hetero) is 1. The lowest BCUT2D eigenvalue weighted by molar-refractivity contribution is -0.159. The Balaban J connectivity index is 1.73. The number of rotatable bonds is 3. The molecule has 0 aromatic heterocycles. The molecule has 0 radical (unpaired) electrons. The normalized spacial score (nSPS) is 30.1. The van der Waals surface area contributed by atoms with E-state index in [0.29, 0.717) is 16.7 Å². The number of ketones is 1. The summed E-state index contributed by atoms with van der Waals surface area (Å²) in [5.41, 5.74) is -0.0630. The highest BCUT2D eigenvalue weighted by Crippen LogP contribution is 2.70. The van der Waals surface area contributed by atoms with Crippen molar-refractivity contribution in [3.8, 4) is 0 Å². The van der Waals surface area contributed by atoms with Gasteiger partial charge in [0.15, 0.2) is 5.78 Å². The fourth-order valence-corrected chi connectivity index (χ4v) is 6.37. The zero-order valence-corrected chi connectivity index (χ0v) is 18.0. The van der Waals surface area contributed by atoms with E-state index in [0.717, 1.165) is 11.1 Å². The van der Waals surface area contributed by atoms with Crippen LogP contribution in [0.1, 0.15) is 44.4 Å². The van der Waals surface area contributed by atoms with Crippen molar-refractivity contribution in [2.45, 2.75) is 23.0 Å². The average Bonchev–Trinajstić information content (AvgIpc) is 3.24. The van der Waals surface area contributed by atoms with E-state index in [1.165, 1.54) is 0 Å². The van der Waals surface area contributed by atoms with Gasteiger partial charge in [-0.25, -0.2) is 0 Å². The second-order valence-electron chi connectivity index (χ2n) is 9.11. The summed E-state index contributed by atoms with van der Waals surface area (Å²) in [6.07, 6.45) is 0. The van der Waals surface area contributed by atoms with Crippen LogP contribution in [0.3, 0.4) is 0 Å². The second-order valence-corrected chi connectivity index (χ2v) is 9.11. The molecule has 0 saturated heterocycles. The van der Waals surface area contributed by atoms with Crippen LogP contribution in [0.5, 0.6) is 0 Å². The quantitative estimate of drug-likeness (QED) is 0.470. The molecule has 6 rings (SSSR count). The van der Waals surface area contributed by atoms with Gasteiger partial charge in [0.1, 0.15) is 11.2 Å². The van der Waals surface area contributed by atoms with Crippen LogP contribution in [0.25, 0.3) is 0 Å². The van der Waals surface area contributed by atoms with Gasteiger partial charge in [0.05, 0.1) is 5.92 Å². The van der Waals surface area contributed by atoms with Crippen molar-refractivity contribution in [1.29, 1.82) is 0 Å². The zero-order valence-electron chi connectivity index (χ0n) is 18.0. The predicted octanol–water partition coefficient (Wildman–Crippen LogP) is 5.16. The van der Waals surface area contributed by atoms with Crippen molar-refractivity contribution in [3.63, 3.8) is 0 Å². The molecule has 3 heteroatoms. The highest BCUT2D eigenvalue weighted by Gasteiger charge is 2.75. The first-order valence-electron chi connectivity index (χ1n) is 11.3. The maximum Gasteiger partial charge on any atom is 0.170 e. The Hall–Kier alpha value is -3.53. The minimum Gasteiger partial charge on any atom is -0.381 e. The van der Waals surface area contributed by atoms with E-state index < -0.39 is 29.0 Å². The van der Waals surface area contributed by atoms with E-state index in [2.05, 4.69) is 0 Å². The molecule has 1 fully saturated rings. The summed E-state index contributed by atoms with van der Waals surface area (Å²) < 4.78 is 0. The lowest BCUT2D eigenvalue weighted by Crippen LogP contribution is -2.49. The molecular weight excluding hydrogens is 408 g/mol. The van der Waals surface area contributed by atoms with E-state index in [-0.39, 0.29) is 5.78 Å². The fraction of sp³-hybridized carbons (Fsp3) is 0.167. The Morgan fingerprint density at radius 2 is 1.06 bits per heavy atom. The maximum atomic E-state index is 13.9. The van der Waals surface area contributed by atoms with Crippen LogP contribution in [0.15, 0.2) is 115 Å². The van der Waals surface area contributed by atoms with Crippen molar-refractivity contribution in [2.75, 3.05) is 0 Å². The molecule has 2 aliphatic carbocycles. The molecule has 4 aromatic carbocycles. The third-order valence-corrected chi connectivity index (χ3v) is 7.64. The van der Waals surface area contributed by atoms with E-state index >= 15 is 0 Å². The number of benzene rings is 4. The molecule has 0 amide bonds. The van der Waals surface area contributed by atoms with Gasteiger partial charge < -0.3 is 10.2 Å². The topological polar surface area (TPSA) is 57.5 Å². The molecule has 0 spiro atoms. The summed E-state index contributed by atoms with van der Waals surface area (Å²) in [7, 11) is 0. The summed E-state index contributed by atoms with van der Waals surface area (Å²) in [6, 6.07) is 36.1. The number of aliphatic hydroxyl groups is 2. The predicted molar refractivity (Wildman–Crippen MR) is 127 cm³/mol. The first-order valence-corrected chi connectivity index (χ1v) is 11.3. The number of hydrogen-bond acceptors (Lipinski definition) is 3. The molecule has 5 atom stereocenters. The van der Waals surface area contributed by atoms with Crippen molar-refractivity contribution in [3.05, 3.63) is 143 Å². The third kappa shape index (κ3) is 2.55. The highest BCUT2D eigenvalue weighted by atomic mass is 16.4. The maximum absolute atomic E-state index is 13.9. The van der Waals surface area contributed by atoms with Gasteiger partial charge in [0.2, 0.25) is 0 Å². The van der Waals surface area contributed by atoms with Gasteiger partial charge in [-0.3, -0.25) is 4.79 Å². The third-order valence-electron chi connectivity index (χ3n) is 7.64. The monoisotopic (exact) mass is 432 g/mol. The van der Waals surface area contributed by atoms with E-state index in [4.69, 9.17) is 0 Å². The molecule has 0 heterocycles. The van der Waals surface area contributed by atoms with Gasteiger partial charge in [-0.15, -0.1) is 0 Å². The standard InChI is InChI=1S/C30H24O3/c31-28-23-18-10-11-19-24(23)30(33)27(28)25(20-12-4-1-5-13-20)26(21-14-6-2-7-15-21)29(30,32)22-16-8-3-9-17-22/h1-19,25-27,32-33H/t25-,26-,27+,29-,30-/m1/s1. The Bertz CT molecular complexity index is 1320. The van der Waals surface area contributed by atoms with Crippen LogP contribution in [0.4, 0.5) is 0 Å². The Morgan fingerprint density at radius 1 is 0.545 bits per heavy atom. The second kappa shape index (κ2) is 7.24. The van der Waals surface area contributed by atoms with Crippen LogP contribution >= 0.6 is 0 Å². The van der Waals surface area contributed by atoms with E-state index in [1.54, 1.807) is 12.1 Å². The van der Waals surface area contributed by atoms with Crippen molar-refractivity contribution in [2.24, 2.45) is 5.92 Å². The van der Waals surface area contributed by atoms with E-state index in [9.17, 15) is 15.0 Å². The smallest absolute Gasteiger partial charge is 0.170 e. The number of carbonyl (C=O) groups is 1. The van der Waals surface area contributed by atoms with Gasteiger partial charge in [-0.05, 0) is 22.3 Å². The van der Waals surface area contributed by atoms with Crippen LogP contribution < -0.4 is 0 Å². The summed E-state index contributed by atoms with van der Waals surface area (Å²) in [6.45, 7) is 0. The molecule has 3 nitrogen and oxygen atoms in total. The fourth-order valence-electron chi connectivity index (χ4n) is 6.37. The molecule has 2 aliphatic rings. The van der Waals surface area contributed by atoms with Gasteiger partial charge in [0, 0.05) is 17.4 Å². The largest absolute Gasteiger partial charge is 0.381 e. The molecule has 162 valence electrons.